The summed E-state index contributed by atoms with van der Waals surface area (Å²) in [4.78, 5) is 23.4. The van der Waals surface area contributed by atoms with E-state index < -0.39 is 18.5 Å². The Hall–Kier alpha value is -2.30. The highest BCUT2D eigenvalue weighted by molar-refractivity contribution is 6.35. The monoisotopic (exact) mass is 363 g/mol. The largest absolute Gasteiger partial charge is 0.452 e. The van der Waals surface area contributed by atoms with Gasteiger partial charge in [0.05, 0.1) is 10.7 Å². The predicted octanol–water partition coefficient (Wildman–Crippen LogP) is 4.50. The number of anilines is 1. The lowest BCUT2D eigenvalue weighted by Crippen LogP contribution is -2.20. The van der Waals surface area contributed by atoms with E-state index in [0.29, 0.717) is 15.7 Å². The Bertz CT molecular complexity index is 770. The van der Waals surface area contributed by atoms with E-state index in [2.05, 4.69) is 5.32 Å². The molecule has 4 nitrogen and oxygen atoms in total. The molecule has 0 radical (unpaired) electrons. The van der Waals surface area contributed by atoms with Crippen LogP contribution in [-0.2, 0) is 14.3 Å². The lowest BCUT2D eigenvalue weighted by atomic mass is 10.1. The van der Waals surface area contributed by atoms with E-state index in [9.17, 15) is 9.59 Å². The molecule has 2 aromatic carbocycles. The standard InChI is InChI=1S/C18H15Cl2NO3/c1-12-2-4-13(5-3-12)6-9-18(23)24-11-17(22)21-16-10-14(19)7-8-15(16)20/h2-10H,11H2,1H3,(H,21,22)/b9-6+. The third-order valence-electron chi connectivity index (χ3n) is 3.04. The highest BCUT2D eigenvalue weighted by Crippen LogP contribution is 2.25. The summed E-state index contributed by atoms with van der Waals surface area (Å²) in [7, 11) is 0. The van der Waals surface area contributed by atoms with Gasteiger partial charge in [-0.2, -0.15) is 0 Å². The van der Waals surface area contributed by atoms with Crippen LogP contribution in [0.1, 0.15) is 11.1 Å². The first-order valence-corrected chi connectivity index (χ1v) is 7.86. The molecule has 0 spiro atoms. The van der Waals surface area contributed by atoms with Gasteiger partial charge in [0.15, 0.2) is 6.61 Å². The number of aryl methyl sites for hydroxylation is 1. The summed E-state index contributed by atoms with van der Waals surface area (Å²) in [6, 6.07) is 12.3. The molecule has 2 aromatic rings. The van der Waals surface area contributed by atoms with Gasteiger partial charge in [-0.25, -0.2) is 4.79 Å². The van der Waals surface area contributed by atoms with Gasteiger partial charge in [-0.1, -0.05) is 53.0 Å². The lowest BCUT2D eigenvalue weighted by molar-refractivity contribution is -0.142. The molecule has 0 bridgehead atoms. The number of benzene rings is 2. The SMILES string of the molecule is Cc1ccc(/C=C/C(=O)OCC(=O)Nc2cc(Cl)ccc2Cl)cc1. The maximum Gasteiger partial charge on any atom is 0.331 e. The summed E-state index contributed by atoms with van der Waals surface area (Å²) in [6.07, 6.45) is 2.89. The molecule has 0 heterocycles. The van der Waals surface area contributed by atoms with Crippen LogP contribution in [0.15, 0.2) is 48.5 Å². The fourth-order valence-corrected chi connectivity index (χ4v) is 2.14. The highest BCUT2D eigenvalue weighted by atomic mass is 35.5. The van der Waals surface area contributed by atoms with Crippen LogP contribution >= 0.6 is 23.2 Å². The van der Waals surface area contributed by atoms with Crippen LogP contribution in [0, 0.1) is 6.92 Å². The van der Waals surface area contributed by atoms with Gasteiger partial charge in [-0.3, -0.25) is 4.79 Å². The van der Waals surface area contributed by atoms with Gasteiger partial charge < -0.3 is 10.1 Å². The number of amides is 1. The third-order valence-corrected chi connectivity index (χ3v) is 3.60. The minimum Gasteiger partial charge on any atom is -0.452 e. The Morgan fingerprint density at radius 2 is 1.83 bits per heavy atom. The van der Waals surface area contributed by atoms with Gasteiger partial charge in [0.1, 0.15) is 0 Å². The van der Waals surface area contributed by atoms with Crippen LogP contribution in [0.5, 0.6) is 0 Å². The van der Waals surface area contributed by atoms with Crippen molar-refractivity contribution >= 4 is 46.8 Å². The molecule has 124 valence electrons. The molecule has 0 saturated heterocycles. The fourth-order valence-electron chi connectivity index (χ4n) is 1.81. The number of ether oxygens (including phenoxy) is 1. The molecular formula is C18H15Cl2NO3. The first-order chi connectivity index (χ1) is 11.4. The van der Waals surface area contributed by atoms with Gasteiger partial charge in [0.2, 0.25) is 0 Å². The smallest absolute Gasteiger partial charge is 0.331 e. The number of carbonyl (C=O) groups is 2. The number of carbonyl (C=O) groups excluding carboxylic acids is 2. The molecular weight excluding hydrogens is 349 g/mol. The van der Waals surface area contributed by atoms with E-state index in [1.165, 1.54) is 12.1 Å². The molecule has 24 heavy (non-hydrogen) atoms. The predicted molar refractivity (Wildman–Crippen MR) is 96.3 cm³/mol. The van der Waals surface area contributed by atoms with Gasteiger partial charge in [0.25, 0.3) is 5.91 Å². The van der Waals surface area contributed by atoms with Gasteiger partial charge >= 0.3 is 5.97 Å². The molecule has 0 fully saturated rings. The zero-order valence-electron chi connectivity index (χ0n) is 12.9. The molecule has 0 aliphatic heterocycles. The Labute approximate surface area is 150 Å². The van der Waals surface area contributed by atoms with Crippen molar-refractivity contribution in [1.82, 2.24) is 0 Å². The van der Waals surface area contributed by atoms with E-state index in [4.69, 9.17) is 27.9 Å². The quantitative estimate of drug-likeness (QED) is 0.628. The molecule has 0 saturated carbocycles. The maximum absolute atomic E-state index is 11.8. The molecule has 0 unspecified atom stereocenters. The van der Waals surface area contributed by atoms with Crippen molar-refractivity contribution in [2.45, 2.75) is 6.92 Å². The molecule has 1 amide bonds. The molecule has 0 aromatic heterocycles. The minimum absolute atomic E-state index is 0.346. The third kappa shape index (κ3) is 5.72. The summed E-state index contributed by atoms with van der Waals surface area (Å²) < 4.78 is 4.88. The van der Waals surface area contributed by atoms with Crippen molar-refractivity contribution in [3.8, 4) is 0 Å². The van der Waals surface area contributed by atoms with Crippen molar-refractivity contribution in [3.63, 3.8) is 0 Å². The van der Waals surface area contributed by atoms with E-state index in [-0.39, 0.29) is 0 Å². The topological polar surface area (TPSA) is 55.4 Å². The van der Waals surface area contributed by atoms with Crippen molar-refractivity contribution < 1.29 is 14.3 Å². The normalized spacial score (nSPS) is 10.6. The number of hydrogen-bond acceptors (Lipinski definition) is 3. The minimum atomic E-state index is -0.608. The Morgan fingerprint density at radius 1 is 1.12 bits per heavy atom. The maximum atomic E-state index is 11.8. The fraction of sp³-hybridized carbons (Fsp3) is 0.111. The zero-order chi connectivity index (χ0) is 17.5. The van der Waals surface area contributed by atoms with Crippen LogP contribution in [0.2, 0.25) is 10.0 Å². The van der Waals surface area contributed by atoms with E-state index in [1.54, 1.807) is 18.2 Å². The summed E-state index contributed by atoms with van der Waals surface area (Å²) in [5.74, 6) is -1.11. The van der Waals surface area contributed by atoms with Crippen molar-refractivity contribution in [2.75, 3.05) is 11.9 Å². The number of hydrogen-bond donors (Lipinski definition) is 1. The highest BCUT2D eigenvalue weighted by Gasteiger charge is 2.08. The molecule has 2 rings (SSSR count). The lowest BCUT2D eigenvalue weighted by Gasteiger charge is -2.07. The summed E-state index contributed by atoms with van der Waals surface area (Å²) in [6.45, 7) is 1.56. The van der Waals surface area contributed by atoms with Crippen LogP contribution in [-0.4, -0.2) is 18.5 Å². The Kier molecular flexibility index (Phi) is 6.41. The number of halogens is 2. The number of nitrogens with one attached hydrogen (secondary N) is 1. The van der Waals surface area contributed by atoms with Crippen LogP contribution in [0.25, 0.3) is 6.08 Å². The van der Waals surface area contributed by atoms with Crippen LogP contribution in [0.4, 0.5) is 5.69 Å². The van der Waals surface area contributed by atoms with Crippen molar-refractivity contribution in [1.29, 1.82) is 0 Å². The number of rotatable bonds is 5. The first kappa shape index (κ1) is 18.0. The zero-order valence-corrected chi connectivity index (χ0v) is 14.4. The second-order valence-electron chi connectivity index (χ2n) is 5.02. The van der Waals surface area contributed by atoms with E-state index in [1.807, 2.05) is 31.2 Å². The average molecular weight is 364 g/mol. The van der Waals surface area contributed by atoms with E-state index >= 15 is 0 Å². The molecule has 0 aliphatic carbocycles. The van der Waals surface area contributed by atoms with Crippen molar-refractivity contribution in [3.05, 3.63) is 69.7 Å². The van der Waals surface area contributed by atoms with E-state index in [0.717, 1.165) is 11.1 Å². The summed E-state index contributed by atoms with van der Waals surface area (Å²) in [5, 5.41) is 3.31. The molecule has 0 aliphatic rings. The number of esters is 1. The van der Waals surface area contributed by atoms with Crippen LogP contribution in [0.3, 0.4) is 0 Å². The molecule has 0 atom stereocenters. The summed E-state index contributed by atoms with van der Waals surface area (Å²) in [5.41, 5.74) is 2.36. The van der Waals surface area contributed by atoms with Gasteiger partial charge in [-0.15, -0.1) is 0 Å². The van der Waals surface area contributed by atoms with Gasteiger partial charge in [0, 0.05) is 11.1 Å². The molecule has 6 heteroatoms. The Balaban J connectivity index is 1.83. The Morgan fingerprint density at radius 3 is 2.54 bits per heavy atom. The summed E-state index contributed by atoms with van der Waals surface area (Å²) >= 11 is 11.8. The van der Waals surface area contributed by atoms with Gasteiger partial charge in [-0.05, 0) is 36.8 Å². The average Bonchev–Trinajstić information content (AvgIpc) is 2.56. The van der Waals surface area contributed by atoms with Crippen LogP contribution < -0.4 is 5.32 Å². The second-order valence-corrected chi connectivity index (χ2v) is 5.87. The molecule has 1 N–H and O–H groups in total. The first-order valence-electron chi connectivity index (χ1n) is 7.10. The van der Waals surface area contributed by atoms with Crippen molar-refractivity contribution in [2.24, 2.45) is 0 Å². The second kappa shape index (κ2) is 8.52.